The lowest BCUT2D eigenvalue weighted by atomic mass is 10.1. The average molecular weight is 373 g/mol. The van der Waals surface area contributed by atoms with Gasteiger partial charge in [-0.05, 0) is 73.5 Å². The number of nitrogens with zero attached hydrogens (tertiary/aromatic N) is 1. The van der Waals surface area contributed by atoms with Gasteiger partial charge in [0.15, 0.2) is 0 Å². The van der Waals surface area contributed by atoms with Crippen molar-refractivity contribution in [1.29, 1.82) is 0 Å². The molecular formula is C24H23NO3. The highest BCUT2D eigenvalue weighted by atomic mass is 16.5. The van der Waals surface area contributed by atoms with Crippen molar-refractivity contribution in [2.75, 3.05) is 6.61 Å². The Morgan fingerprint density at radius 2 is 1.57 bits per heavy atom. The molecule has 0 saturated carbocycles. The molecule has 0 bridgehead atoms. The number of carbonyl (C=O) groups excluding carboxylic acids is 1. The van der Waals surface area contributed by atoms with E-state index in [1.54, 1.807) is 36.4 Å². The molecule has 28 heavy (non-hydrogen) atoms. The summed E-state index contributed by atoms with van der Waals surface area (Å²) < 4.78 is 10.8. The lowest BCUT2D eigenvalue weighted by Crippen LogP contribution is -2.08. The van der Waals surface area contributed by atoms with E-state index in [0.717, 1.165) is 11.3 Å². The van der Waals surface area contributed by atoms with Crippen LogP contribution in [0.25, 0.3) is 0 Å². The highest BCUT2D eigenvalue weighted by molar-refractivity contribution is 5.91. The van der Waals surface area contributed by atoms with Crippen molar-refractivity contribution in [3.05, 3.63) is 95.6 Å². The number of hydrogen-bond acceptors (Lipinski definition) is 4. The van der Waals surface area contributed by atoms with Crippen molar-refractivity contribution in [3.8, 4) is 11.5 Å². The number of carbonyl (C=O) groups is 1. The molecule has 0 aromatic heterocycles. The van der Waals surface area contributed by atoms with Gasteiger partial charge in [-0.25, -0.2) is 4.79 Å². The molecule has 0 fully saturated rings. The Morgan fingerprint density at radius 1 is 0.929 bits per heavy atom. The molecule has 0 aliphatic carbocycles. The van der Waals surface area contributed by atoms with Crippen molar-refractivity contribution < 1.29 is 14.3 Å². The Bertz CT molecular complexity index is 916. The van der Waals surface area contributed by atoms with Crippen LogP contribution in [0.5, 0.6) is 11.5 Å². The Hall–Kier alpha value is -3.40. The predicted octanol–water partition coefficient (Wildman–Crippen LogP) is 5.48. The zero-order chi connectivity index (χ0) is 19.8. The minimum atomic E-state index is -0.401. The molecule has 3 aromatic carbocycles. The van der Waals surface area contributed by atoms with Gasteiger partial charge >= 0.3 is 5.97 Å². The first kappa shape index (κ1) is 19.4. The maximum atomic E-state index is 12.3. The SMILES string of the molecule is CCOc1ccc(C(=O)Oc2ccc(C=NC(C)c3ccccc3)cc2)cc1. The molecule has 0 saturated heterocycles. The number of esters is 1. The fourth-order valence-electron chi connectivity index (χ4n) is 2.66. The summed E-state index contributed by atoms with van der Waals surface area (Å²) in [5.74, 6) is 0.821. The largest absolute Gasteiger partial charge is 0.494 e. The number of aliphatic imine (C=N–C) groups is 1. The van der Waals surface area contributed by atoms with E-state index < -0.39 is 5.97 Å². The first-order valence-corrected chi connectivity index (χ1v) is 9.29. The van der Waals surface area contributed by atoms with Crippen LogP contribution in [0.3, 0.4) is 0 Å². The second-order valence-electron chi connectivity index (χ2n) is 6.28. The smallest absolute Gasteiger partial charge is 0.343 e. The molecule has 0 aliphatic rings. The number of rotatable bonds is 7. The summed E-state index contributed by atoms with van der Waals surface area (Å²) >= 11 is 0. The number of hydrogen-bond donors (Lipinski definition) is 0. The zero-order valence-corrected chi connectivity index (χ0v) is 16.0. The fourth-order valence-corrected chi connectivity index (χ4v) is 2.66. The van der Waals surface area contributed by atoms with Crippen LogP contribution in [0.4, 0.5) is 0 Å². The predicted molar refractivity (Wildman–Crippen MR) is 111 cm³/mol. The molecule has 0 heterocycles. The van der Waals surface area contributed by atoms with E-state index >= 15 is 0 Å². The van der Waals surface area contributed by atoms with E-state index in [2.05, 4.69) is 24.0 Å². The molecule has 0 amide bonds. The topological polar surface area (TPSA) is 47.9 Å². The van der Waals surface area contributed by atoms with Crippen LogP contribution in [-0.2, 0) is 0 Å². The van der Waals surface area contributed by atoms with Gasteiger partial charge in [0.25, 0.3) is 0 Å². The third-order valence-corrected chi connectivity index (χ3v) is 4.22. The summed E-state index contributed by atoms with van der Waals surface area (Å²) in [6.07, 6.45) is 1.83. The minimum absolute atomic E-state index is 0.0818. The first-order valence-electron chi connectivity index (χ1n) is 9.29. The van der Waals surface area contributed by atoms with Crippen molar-refractivity contribution in [2.24, 2.45) is 4.99 Å². The van der Waals surface area contributed by atoms with E-state index in [9.17, 15) is 4.79 Å². The molecule has 1 atom stereocenters. The average Bonchev–Trinajstić information content (AvgIpc) is 2.74. The third kappa shape index (κ3) is 5.30. The second kappa shape index (κ2) is 9.51. The number of benzene rings is 3. The maximum Gasteiger partial charge on any atom is 0.343 e. The van der Waals surface area contributed by atoms with Crippen molar-refractivity contribution in [3.63, 3.8) is 0 Å². The molecule has 0 N–H and O–H groups in total. The monoisotopic (exact) mass is 373 g/mol. The normalized spacial score (nSPS) is 11.9. The third-order valence-electron chi connectivity index (χ3n) is 4.22. The van der Waals surface area contributed by atoms with Gasteiger partial charge in [0, 0.05) is 6.21 Å². The highest BCUT2D eigenvalue weighted by Crippen LogP contribution is 2.18. The first-order chi connectivity index (χ1) is 13.7. The summed E-state index contributed by atoms with van der Waals surface area (Å²) in [7, 11) is 0. The Morgan fingerprint density at radius 3 is 2.21 bits per heavy atom. The van der Waals surface area contributed by atoms with E-state index in [1.165, 1.54) is 5.56 Å². The summed E-state index contributed by atoms with van der Waals surface area (Å²) in [6, 6.07) is 24.4. The van der Waals surface area contributed by atoms with Gasteiger partial charge in [-0.1, -0.05) is 30.3 Å². The summed E-state index contributed by atoms with van der Waals surface area (Å²) in [6.45, 7) is 4.56. The van der Waals surface area contributed by atoms with Gasteiger partial charge < -0.3 is 9.47 Å². The van der Waals surface area contributed by atoms with Crippen LogP contribution < -0.4 is 9.47 Å². The Balaban J connectivity index is 1.59. The molecule has 4 nitrogen and oxygen atoms in total. The fraction of sp³-hybridized carbons (Fsp3) is 0.167. The number of ether oxygens (including phenoxy) is 2. The van der Waals surface area contributed by atoms with E-state index in [1.807, 2.05) is 43.5 Å². The minimum Gasteiger partial charge on any atom is -0.494 e. The zero-order valence-electron chi connectivity index (χ0n) is 16.0. The molecule has 3 aromatic rings. The lowest BCUT2D eigenvalue weighted by molar-refractivity contribution is 0.0734. The molecule has 142 valence electrons. The lowest BCUT2D eigenvalue weighted by Gasteiger charge is -2.07. The van der Waals surface area contributed by atoms with Crippen LogP contribution in [0.2, 0.25) is 0 Å². The van der Waals surface area contributed by atoms with Gasteiger partial charge in [-0.15, -0.1) is 0 Å². The maximum absolute atomic E-state index is 12.3. The van der Waals surface area contributed by atoms with Crippen molar-refractivity contribution in [1.82, 2.24) is 0 Å². The second-order valence-corrected chi connectivity index (χ2v) is 6.28. The molecule has 4 heteroatoms. The van der Waals surface area contributed by atoms with Gasteiger partial charge in [0.2, 0.25) is 0 Å². The standard InChI is InChI=1S/C24H23NO3/c1-3-27-22-15-11-21(12-16-22)24(26)28-23-13-9-19(10-14-23)17-25-18(2)20-7-5-4-6-8-20/h4-18H,3H2,1-2H3. The summed E-state index contributed by atoms with van der Waals surface area (Å²) in [4.78, 5) is 16.8. The van der Waals surface area contributed by atoms with E-state index in [4.69, 9.17) is 9.47 Å². The van der Waals surface area contributed by atoms with Gasteiger partial charge in [-0.2, -0.15) is 0 Å². The quantitative estimate of drug-likeness (QED) is 0.313. The summed E-state index contributed by atoms with van der Waals surface area (Å²) in [5, 5.41) is 0. The molecule has 0 radical (unpaired) electrons. The molecule has 1 unspecified atom stereocenters. The van der Waals surface area contributed by atoms with E-state index in [0.29, 0.717) is 17.9 Å². The van der Waals surface area contributed by atoms with Gasteiger partial charge in [-0.3, -0.25) is 4.99 Å². The highest BCUT2D eigenvalue weighted by Gasteiger charge is 2.09. The Labute approximate surface area is 165 Å². The van der Waals surface area contributed by atoms with Gasteiger partial charge in [0.1, 0.15) is 11.5 Å². The van der Waals surface area contributed by atoms with Crippen LogP contribution in [0.15, 0.2) is 83.9 Å². The molecular weight excluding hydrogens is 350 g/mol. The van der Waals surface area contributed by atoms with Crippen LogP contribution >= 0.6 is 0 Å². The molecule has 3 rings (SSSR count). The van der Waals surface area contributed by atoms with Crippen molar-refractivity contribution >= 4 is 12.2 Å². The van der Waals surface area contributed by atoms with Gasteiger partial charge in [0.05, 0.1) is 18.2 Å². The summed E-state index contributed by atoms with van der Waals surface area (Å²) in [5.41, 5.74) is 2.59. The molecule has 0 aliphatic heterocycles. The van der Waals surface area contributed by atoms with Crippen LogP contribution in [-0.4, -0.2) is 18.8 Å². The van der Waals surface area contributed by atoms with Crippen molar-refractivity contribution in [2.45, 2.75) is 19.9 Å². The van der Waals surface area contributed by atoms with Crippen LogP contribution in [0, 0.1) is 0 Å². The van der Waals surface area contributed by atoms with Crippen LogP contribution in [0.1, 0.15) is 41.4 Å². The Kier molecular flexibility index (Phi) is 6.58. The molecule has 0 spiro atoms. The van der Waals surface area contributed by atoms with E-state index in [-0.39, 0.29) is 6.04 Å².